The van der Waals surface area contributed by atoms with Gasteiger partial charge in [-0.1, -0.05) is 31.8 Å². The summed E-state index contributed by atoms with van der Waals surface area (Å²) in [5, 5.41) is 3.08. The molecular formula is C16H22N2O. The van der Waals surface area contributed by atoms with E-state index in [1.165, 1.54) is 0 Å². The SMILES string of the molecule is CCC(C)(CC)NC(=O)c1cccc(C#CCN)c1. The van der Waals surface area contributed by atoms with E-state index in [4.69, 9.17) is 5.73 Å². The molecule has 3 nitrogen and oxygen atoms in total. The first kappa shape index (κ1) is 15.3. The van der Waals surface area contributed by atoms with E-state index in [1.54, 1.807) is 12.1 Å². The van der Waals surface area contributed by atoms with Crippen LogP contribution in [0.1, 0.15) is 49.5 Å². The molecule has 0 spiro atoms. The monoisotopic (exact) mass is 258 g/mol. The average molecular weight is 258 g/mol. The zero-order valence-corrected chi connectivity index (χ0v) is 11.9. The van der Waals surface area contributed by atoms with E-state index < -0.39 is 0 Å². The second-order valence-corrected chi connectivity index (χ2v) is 4.81. The summed E-state index contributed by atoms with van der Waals surface area (Å²) in [4.78, 5) is 12.2. The van der Waals surface area contributed by atoms with E-state index in [0.717, 1.165) is 18.4 Å². The first-order chi connectivity index (χ1) is 9.04. The van der Waals surface area contributed by atoms with Crippen LogP contribution in [-0.2, 0) is 0 Å². The van der Waals surface area contributed by atoms with Crippen LogP contribution in [0.5, 0.6) is 0 Å². The lowest BCUT2D eigenvalue weighted by atomic mass is 9.95. The predicted molar refractivity (Wildman–Crippen MR) is 78.8 cm³/mol. The van der Waals surface area contributed by atoms with Gasteiger partial charge in [0, 0.05) is 16.7 Å². The minimum atomic E-state index is -0.157. The Labute approximate surface area is 115 Å². The van der Waals surface area contributed by atoms with Crippen molar-refractivity contribution < 1.29 is 4.79 Å². The number of carbonyl (C=O) groups excluding carboxylic acids is 1. The summed E-state index contributed by atoms with van der Waals surface area (Å²) in [5.41, 5.74) is 6.63. The molecule has 3 heteroatoms. The molecule has 0 unspecified atom stereocenters. The van der Waals surface area contributed by atoms with E-state index in [-0.39, 0.29) is 11.4 Å². The maximum absolute atomic E-state index is 12.2. The number of hydrogen-bond donors (Lipinski definition) is 2. The Morgan fingerprint density at radius 3 is 2.63 bits per heavy atom. The molecule has 0 heterocycles. The summed E-state index contributed by atoms with van der Waals surface area (Å²) < 4.78 is 0. The first-order valence-corrected chi connectivity index (χ1v) is 6.66. The minimum Gasteiger partial charge on any atom is -0.347 e. The molecule has 1 aromatic rings. The third kappa shape index (κ3) is 4.42. The van der Waals surface area contributed by atoms with Crippen molar-refractivity contribution in [1.29, 1.82) is 0 Å². The van der Waals surface area contributed by atoms with E-state index in [1.807, 2.05) is 12.1 Å². The molecule has 0 saturated heterocycles. The third-order valence-corrected chi connectivity index (χ3v) is 3.44. The molecule has 0 fully saturated rings. The second-order valence-electron chi connectivity index (χ2n) is 4.81. The van der Waals surface area contributed by atoms with Crippen molar-refractivity contribution >= 4 is 5.91 Å². The van der Waals surface area contributed by atoms with Gasteiger partial charge in [-0.3, -0.25) is 4.79 Å². The summed E-state index contributed by atoms with van der Waals surface area (Å²) >= 11 is 0. The Hall–Kier alpha value is -1.79. The van der Waals surface area contributed by atoms with Crippen molar-refractivity contribution in [3.8, 4) is 11.8 Å². The van der Waals surface area contributed by atoms with Gasteiger partial charge < -0.3 is 11.1 Å². The summed E-state index contributed by atoms with van der Waals surface area (Å²) in [7, 11) is 0. The molecule has 0 radical (unpaired) electrons. The topological polar surface area (TPSA) is 55.1 Å². The highest BCUT2D eigenvalue weighted by molar-refractivity contribution is 5.95. The highest BCUT2D eigenvalue weighted by Crippen LogP contribution is 2.15. The summed E-state index contributed by atoms with van der Waals surface area (Å²) in [6.45, 7) is 6.53. The smallest absolute Gasteiger partial charge is 0.251 e. The van der Waals surface area contributed by atoms with Gasteiger partial charge in [0.25, 0.3) is 5.91 Å². The van der Waals surface area contributed by atoms with Crippen molar-refractivity contribution in [2.45, 2.75) is 39.2 Å². The van der Waals surface area contributed by atoms with Crippen LogP contribution < -0.4 is 11.1 Å². The molecular weight excluding hydrogens is 236 g/mol. The van der Waals surface area contributed by atoms with Crippen molar-refractivity contribution in [2.75, 3.05) is 6.54 Å². The first-order valence-electron chi connectivity index (χ1n) is 6.66. The Morgan fingerprint density at radius 2 is 2.05 bits per heavy atom. The highest BCUT2D eigenvalue weighted by atomic mass is 16.1. The third-order valence-electron chi connectivity index (χ3n) is 3.44. The zero-order valence-electron chi connectivity index (χ0n) is 11.9. The van der Waals surface area contributed by atoms with Gasteiger partial charge in [-0.05, 0) is 38.0 Å². The van der Waals surface area contributed by atoms with Crippen molar-refractivity contribution in [1.82, 2.24) is 5.32 Å². The lowest BCUT2D eigenvalue weighted by Crippen LogP contribution is -2.44. The summed E-state index contributed by atoms with van der Waals surface area (Å²) in [6.07, 6.45) is 1.81. The average Bonchev–Trinajstić information content (AvgIpc) is 2.45. The van der Waals surface area contributed by atoms with E-state index in [2.05, 4.69) is 37.9 Å². The fraction of sp³-hybridized carbons (Fsp3) is 0.438. The molecule has 0 atom stereocenters. The fourth-order valence-corrected chi connectivity index (χ4v) is 1.66. The van der Waals surface area contributed by atoms with Crippen LogP contribution in [0.4, 0.5) is 0 Å². The molecule has 0 aromatic heterocycles. The van der Waals surface area contributed by atoms with Gasteiger partial charge in [0.1, 0.15) is 0 Å². The van der Waals surface area contributed by atoms with E-state index in [9.17, 15) is 4.79 Å². The van der Waals surface area contributed by atoms with Crippen LogP contribution in [0.2, 0.25) is 0 Å². The van der Waals surface area contributed by atoms with Crippen LogP contribution in [0.3, 0.4) is 0 Å². The standard InChI is InChI=1S/C16H22N2O/c1-4-16(3,5-2)18-15(19)14-10-6-8-13(12-14)9-7-11-17/h6,8,10,12H,4-5,11,17H2,1-3H3,(H,18,19). The normalized spacial score (nSPS) is 10.5. The number of rotatable bonds is 4. The van der Waals surface area contributed by atoms with Gasteiger partial charge in [-0.25, -0.2) is 0 Å². The number of benzene rings is 1. The molecule has 19 heavy (non-hydrogen) atoms. The molecule has 3 N–H and O–H groups in total. The van der Waals surface area contributed by atoms with Gasteiger partial charge in [0.2, 0.25) is 0 Å². The van der Waals surface area contributed by atoms with E-state index in [0.29, 0.717) is 12.1 Å². The lowest BCUT2D eigenvalue weighted by molar-refractivity contribution is 0.0901. The zero-order chi connectivity index (χ0) is 14.3. The van der Waals surface area contributed by atoms with Crippen LogP contribution in [0.15, 0.2) is 24.3 Å². The van der Waals surface area contributed by atoms with Crippen molar-refractivity contribution in [2.24, 2.45) is 5.73 Å². The maximum atomic E-state index is 12.2. The lowest BCUT2D eigenvalue weighted by Gasteiger charge is -2.28. The van der Waals surface area contributed by atoms with Crippen molar-refractivity contribution in [3.63, 3.8) is 0 Å². The van der Waals surface area contributed by atoms with Crippen molar-refractivity contribution in [3.05, 3.63) is 35.4 Å². The van der Waals surface area contributed by atoms with Gasteiger partial charge in [0.05, 0.1) is 6.54 Å². The number of nitrogens with one attached hydrogen (secondary N) is 1. The Kier molecular flexibility index (Phi) is 5.59. The molecule has 1 rings (SSSR count). The Bertz CT molecular complexity index is 493. The van der Waals surface area contributed by atoms with Crippen LogP contribution in [0.25, 0.3) is 0 Å². The quantitative estimate of drug-likeness (QED) is 0.814. The van der Waals surface area contributed by atoms with Crippen LogP contribution >= 0.6 is 0 Å². The molecule has 1 amide bonds. The molecule has 0 aliphatic heterocycles. The predicted octanol–water partition coefficient (Wildman–Crippen LogP) is 2.31. The van der Waals surface area contributed by atoms with Gasteiger partial charge in [-0.15, -0.1) is 0 Å². The number of nitrogens with two attached hydrogens (primary N) is 1. The number of carbonyl (C=O) groups is 1. The Morgan fingerprint density at radius 1 is 1.37 bits per heavy atom. The second kappa shape index (κ2) is 6.96. The largest absolute Gasteiger partial charge is 0.347 e. The molecule has 1 aromatic carbocycles. The van der Waals surface area contributed by atoms with Gasteiger partial charge in [-0.2, -0.15) is 0 Å². The fourth-order valence-electron chi connectivity index (χ4n) is 1.66. The molecule has 0 bridgehead atoms. The number of amides is 1. The van der Waals surface area contributed by atoms with Crippen LogP contribution in [0, 0.1) is 11.8 Å². The minimum absolute atomic E-state index is 0.0531. The Balaban J connectivity index is 2.88. The summed E-state index contributed by atoms with van der Waals surface area (Å²) in [5.74, 6) is 5.67. The molecule has 0 aliphatic rings. The van der Waals surface area contributed by atoms with Gasteiger partial charge >= 0.3 is 0 Å². The van der Waals surface area contributed by atoms with Crippen LogP contribution in [-0.4, -0.2) is 18.0 Å². The maximum Gasteiger partial charge on any atom is 0.251 e. The number of hydrogen-bond acceptors (Lipinski definition) is 2. The highest BCUT2D eigenvalue weighted by Gasteiger charge is 2.22. The molecule has 0 aliphatic carbocycles. The molecule has 102 valence electrons. The van der Waals surface area contributed by atoms with E-state index >= 15 is 0 Å². The molecule has 0 saturated carbocycles. The summed E-state index contributed by atoms with van der Waals surface area (Å²) in [6, 6.07) is 7.31. The van der Waals surface area contributed by atoms with Gasteiger partial charge in [0.15, 0.2) is 0 Å².